The van der Waals surface area contributed by atoms with E-state index in [2.05, 4.69) is 22.4 Å². The summed E-state index contributed by atoms with van der Waals surface area (Å²) in [5.74, 6) is 0.0447. The van der Waals surface area contributed by atoms with Crippen LogP contribution in [0.4, 0.5) is 0 Å². The number of carbonyl (C=O) groups excluding carboxylic acids is 1. The summed E-state index contributed by atoms with van der Waals surface area (Å²) < 4.78 is 13.5. The molecule has 2 fully saturated rings. The van der Waals surface area contributed by atoms with Gasteiger partial charge in [0.2, 0.25) is 5.91 Å². The van der Waals surface area contributed by atoms with Crippen LogP contribution in [0, 0.1) is 0 Å². The molecule has 0 atom stereocenters. The van der Waals surface area contributed by atoms with Crippen LogP contribution in [-0.2, 0) is 21.3 Å². The van der Waals surface area contributed by atoms with E-state index in [0.29, 0.717) is 19.0 Å². The predicted molar refractivity (Wildman–Crippen MR) is 104 cm³/mol. The lowest BCUT2D eigenvalue weighted by Crippen LogP contribution is -2.44. The zero-order chi connectivity index (χ0) is 18.7. The molecule has 0 unspecified atom stereocenters. The molecule has 1 spiro atoms. The van der Waals surface area contributed by atoms with E-state index in [0.717, 1.165) is 42.1 Å². The van der Waals surface area contributed by atoms with Gasteiger partial charge in [-0.3, -0.25) is 4.79 Å². The minimum Gasteiger partial charge on any atom is -0.353 e. The third-order valence-corrected chi connectivity index (χ3v) is 6.32. The standard InChI is InChI=1S/C20H25N3O3S/c1-23-17(15-5-3-2-4-6-15)13-21-19(23)27-14-18(24)22-16-7-9-20(10-8-16)25-11-12-26-20/h2-6,13,16H,7-12,14H2,1H3,(H,22,24). The summed E-state index contributed by atoms with van der Waals surface area (Å²) >= 11 is 1.47. The highest BCUT2D eigenvalue weighted by Gasteiger charge is 2.40. The Kier molecular flexibility index (Phi) is 5.52. The Morgan fingerprint density at radius 2 is 1.96 bits per heavy atom. The van der Waals surface area contributed by atoms with Gasteiger partial charge in [0.25, 0.3) is 0 Å². The molecule has 1 N–H and O–H groups in total. The molecule has 1 aromatic heterocycles. The molecule has 1 aromatic carbocycles. The second kappa shape index (κ2) is 8.04. The zero-order valence-electron chi connectivity index (χ0n) is 15.5. The number of rotatable bonds is 5. The molecular weight excluding hydrogens is 362 g/mol. The quantitative estimate of drug-likeness (QED) is 0.799. The van der Waals surface area contributed by atoms with Crippen LogP contribution in [0.15, 0.2) is 41.7 Å². The monoisotopic (exact) mass is 387 g/mol. The molecule has 2 aliphatic rings. The molecular formula is C20H25N3O3S. The van der Waals surface area contributed by atoms with Gasteiger partial charge in [-0.2, -0.15) is 0 Å². The van der Waals surface area contributed by atoms with Crippen LogP contribution in [0.5, 0.6) is 0 Å². The number of nitrogens with one attached hydrogen (secondary N) is 1. The van der Waals surface area contributed by atoms with E-state index in [1.54, 1.807) is 0 Å². The topological polar surface area (TPSA) is 65.4 Å². The minimum atomic E-state index is -0.378. The maximum atomic E-state index is 12.4. The molecule has 1 amide bonds. The average Bonchev–Trinajstić information content (AvgIpc) is 3.30. The SMILES string of the molecule is Cn1c(-c2ccccc2)cnc1SCC(=O)NC1CCC2(CC1)OCCO2. The largest absolute Gasteiger partial charge is 0.353 e. The van der Waals surface area contributed by atoms with Crippen LogP contribution in [-0.4, -0.2) is 46.3 Å². The predicted octanol–water partition coefficient (Wildman–Crippen LogP) is 2.98. The molecule has 1 aliphatic heterocycles. The number of hydrogen-bond acceptors (Lipinski definition) is 5. The fourth-order valence-corrected chi connectivity index (χ4v) is 4.55. The molecule has 1 saturated heterocycles. The molecule has 7 heteroatoms. The number of benzene rings is 1. The molecule has 0 radical (unpaired) electrons. The van der Waals surface area contributed by atoms with Crippen molar-refractivity contribution in [3.63, 3.8) is 0 Å². The Morgan fingerprint density at radius 3 is 2.67 bits per heavy atom. The van der Waals surface area contributed by atoms with E-state index < -0.39 is 0 Å². The maximum absolute atomic E-state index is 12.4. The smallest absolute Gasteiger partial charge is 0.230 e. The van der Waals surface area contributed by atoms with Crippen molar-refractivity contribution in [1.29, 1.82) is 0 Å². The van der Waals surface area contributed by atoms with Gasteiger partial charge in [0, 0.05) is 25.9 Å². The van der Waals surface area contributed by atoms with E-state index in [4.69, 9.17) is 9.47 Å². The van der Waals surface area contributed by atoms with Gasteiger partial charge in [-0.15, -0.1) is 0 Å². The number of aromatic nitrogens is 2. The molecule has 0 bridgehead atoms. The van der Waals surface area contributed by atoms with Crippen LogP contribution < -0.4 is 5.32 Å². The van der Waals surface area contributed by atoms with Crippen molar-refractivity contribution in [3.05, 3.63) is 36.5 Å². The first kappa shape index (κ1) is 18.5. The van der Waals surface area contributed by atoms with E-state index in [-0.39, 0.29) is 17.7 Å². The first-order valence-electron chi connectivity index (χ1n) is 9.42. The van der Waals surface area contributed by atoms with Gasteiger partial charge in [-0.25, -0.2) is 4.98 Å². The van der Waals surface area contributed by atoms with Crippen molar-refractivity contribution in [2.45, 2.75) is 42.7 Å². The highest BCUT2D eigenvalue weighted by atomic mass is 32.2. The summed E-state index contributed by atoms with van der Waals surface area (Å²) in [6.45, 7) is 1.37. The Bertz CT molecular complexity index is 777. The highest BCUT2D eigenvalue weighted by molar-refractivity contribution is 7.99. The Balaban J connectivity index is 1.27. The van der Waals surface area contributed by atoms with Gasteiger partial charge in [0.05, 0.1) is 30.9 Å². The van der Waals surface area contributed by atoms with Gasteiger partial charge in [-0.1, -0.05) is 42.1 Å². The number of hydrogen-bond donors (Lipinski definition) is 1. The number of ether oxygens (including phenoxy) is 2. The second-order valence-electron chi connectivity index (χ2n) is 7.09. The third kappa shape index (κ3) is 4.20. The van der Waals surface area contributed by atoms with Gasteiger partial charge < -0.3 is 19.4 Å². The second-order valence-corrected chi connectivity index (χ2v) is 8.03. The molecule has 1 saturated carbocycles. The van der Waals surface area contributed by atoms with Crippen LogP contribution in [0.1, 0.15) is 25.7 Å². The van der Waals surface area contributed by atoms with Gasteiger partial charge in [-0.05, 0) is 18.4 Å². The summed E-state index contributed by atoms with van der Waals surface area (Å²) in [4.78, 5) is 16.8. The lowest BCUT2D eigenvalue weighted by Gasteiger charge is -2.35. The summed E-state index contributed by atoms with van der Waals surface area (Å²) in [6.07, 6.45) is 5.36. The molecule has 2 aromatic rings. The van der Waals surface area contributed by atoms with Crippen LogP contribution >= 0.6 is 11.8 Å². The minimum absolute atomic E-state index is 0.0541. The van der Waals surface area contributed by atoms with E-state index >= 15 is 0 Å². The van der Waals surface area contributed by atoms with Crippen molar-refractivity contribution < 1.29 is 14.3 Å². The van der Waals surface area contributed by atoms with Gasteiger partial charge in [0.1, 0.15) is 0 Å². The lowest BCUT2D eigenvalue weighted by atomic mass is 9.90. The normalized spacial score (nSPS) is 19.4. The Morgan fingerprint density at radius 1 is 1.26 bits per heavy atom. The van der Waals surface area contributed by atoms with E-state index in [9.17, 15) is 4.79 Å². The van der Waals surface area contributed by atoms with Crippen molar-refractivity contribution >= 4 is 17.7 Å². The molecule has 2 heterocycles. The maximum Gasteiger partial charge on any atom is 0.230 e. The van der Waals surface area contributed by atoms with E-state index in [1.807, 2.05) is 36.0 Å². The molecule has 6 nitrogen and oxygen atoms in total. The summed E-state index contributed by atoms with van der Waals surface area (Å²) in [6, 6.07) is 10.4. The first-order chi connectivity index (χ1) is 13.2. The van der Waals surface area contributed by atoms with E-state index in [1.165, 1.54) is 11.8 Å². The van der Waals surface area contributed by atoms with Gasteiger partial charge in [0.15, 0.2) is 10.9 Å². The van der Waals surface area contributed by atoms with Gasteiger partial charge >= 0.3 is 0 Å². The fraction of sp³-hybridized carbons (Fsp3) is 0.500. The zero-order valence-corrected chi connectivity index (χ0v) is 16.3. The molecule has 144 valence electrons. The Hall–Kier alpha value is -1.83. The number of thioether (sulfide) groups is 1. The lowest BCUT2D eigenvalue weighted by molar-refractivity contribution is -0.179. The average molecular weight is 388 g/mol. The fourth-order valence-electron chi connectivity index (χ4n) is 3.79. The van der Waals surface area contributed by atoms with Crippen LogP contribution in [0.2, 0.25) is 0 Å². The van der Waals surface area contributed by atoms with Crippen molar-refractivity contribution in [2.24, 2.45) is 7.05 Å². The number of imidazole rings is 1. The Labute approximate surface area is 163 Å². The molecule has 27 heavy (non-hydrogen) atoms. The first-order valence-corrected chi connectivity index (χ1v) is 10.4. The van der Waals surface area contributed by atoms with Crippen LogP contribution in [0.25, 0.3) is 11.3 Å². The molecule has 1 aliphatic carbocycles. The molecule has 4 rings (SSSR count). The van der Waals surface area contributed by atoms with Crippen LogP contribution in [0.3, 0.4) is 0 Å². The number of amides is 1. The van der Waals surface area contributed by atoms with Crippen molar-refractivity contribution in [1.82, 2.24) is 14.9 Å². The summed E-state index contributed by atoms with van der Waals surface area (Å²) in [7, 11) is 1.98. The third-order valence-electron chi connectivity index (χ3n) is 5.27. The number of nitrogens with zero attached hydrogens (tertiary/aromatic N) is 2. The summed E-state index contributed by atoms with van der Waals surface area (Å²) in [5, 5.41) is 3.99. The summed E-state index contributed by atoms with van der Waals surface area (Å²) in [5.41, 5.74) is 2.17. The highest BCUT2D eigenvalue weighted by Crippen LogP contribution is 2.35. The van der Waals surface area contributed by atoms with Crippen molar-refractivity contribution in [2.75, 3.05) is 19.0 Å². The van der Waals surface area contributed by atoms with Crippen molar-refractivity contribution in [3.8, 4) is 11.3 Å². The number of carbonyl (C=O) groups is 1.